The van der Waals surface area contributed by atoms with Gasteiger partial charge in [-0.15, -0.1) is 11.3 Å². The highest BCUT2D eigenvalue weighted by atomic mass is 35.5. The zero-order chi connectivity index (χ0) is 22.8. The Kier molecular flexibility index (Phi) is 6.68. The summed E-state index contributed by atoms with van der Waals surface area (Å²) in [4.78, 5) is 8.91. The van der Waals surface area contributed by atoms with Crippen molar-refractivity contribution in [3.8, 4) is 22.1 Å². The van der Waals surface area contributed by atoms with Crippen LogP contribution in [0.1, 0.15) is 6.92 Å². The van der Waals surface area contributed by atoms with Gasteiger partial charge >= 0.3 is 0 Å². The number of ether oxygens (including phenoxy) is 3. The number of benzene rings is 2. The molecule has 0 radical (unpaired) electrons. The number of rotatable bonds is 8. The van der Waals surface area contributed by atoms with E-state index in [1.807, 2.05) is 0 Å². The van der Waals surface area contributed by atoms with Gasteiger partial charge in [-0.05, 0) is 25.1 Å². The van der Waals surface area contributed by atoms with Crippen LogP contribution < -0.4 is 9.47 Å². The molecule has 4 rings (SSSR count). The summed E-state index contributed by atoms with van der Waals surface area (Å²) in [5.41, 5.74) is 1.69. The van der Waals surface area contributed by atoms with Crippen LogP contribution in [0, 0.1) is 5.82 Å². The molecule has 0 amide bonds. The van der Waals surface area contributed by atoms with Crippen LogP contribution in [0.2, 0.25) is 5.02 Å². The number of aromatic nitrogens is 2. The quantitative estimate of drug-likeness (QED) is 0.292. The van der Waals surface area contributed by atoms with E-state index in [0.29, 0.717) is 38.6 Å². The molecule has 168 valence electrons. The van der Waals surface area contributed by atoms with Crippen LogP contribution in [0.15, 0.2) is 36.5 Å². The predicted octanol–water partition coefficient (Wildman–Crippen LogP) is 6.36. The van der Waals surface area contributed by atoms with E-state index >= 15 is 0 Å². The number of nitrogens with zero attached hydrogens (tertiary/aromatic N) is 2. The molecule has 0 N–H and O–H groups in total. The maximum Gasteiger partial charge on any atom is 0.272 e. The number of halogens is 4. The number of pyridine rings is 1. The van der Waals surface area contributed by atoms with E-state index in [9.17, 15) is 13.2 Å². The molecule has 0 aliphatic heterocycles. The standard InChI is InChI=1S/C22H18ClF3N2O3S/c1-11(9-29-2)31-18-7-19-17(6-16(18)24)28-22(32-19)15-5-13(23)3-12-4-14(8-27-21(12)15)30-10-20(25)26/h3-8,11,20H,9-10H2,1-2H3. The number of methoxy groups -OCH3 is 1. The smallest absolute Gasteiger partial charge is 0.272 e. The average molecular weight is 483 g/mol. The fourth-order valence-electron chi connectivity index (χ4n) is 3.22. The van der Waals surface area contributed by atoms with Gasteiger partial charge in [0.25, 0.3) is 6.43 Å². The van der Waals surface area contributed by atoms with E-state index in [2.05, 4.69) is 9.97 Å². The molecule has 1 atom stereocenters. The fourth-order valence-corrected chi connectivity index (χ4v) is 4.43. The van der Waals surface area contributed by atoms with Gasteiger partial charge in [-0.2, -0.15) is 0 Å². The summed E-state index contributed by atoms with van der Waals surface area (Å²) in [5, 5.41) is 1.62. The molecule has 5 nitrogen and oxygen atoms in total. The van der Waals surface area contributed by atoms with Gasteiger partial charge in [0.15, 0.2) is 11.6 Å². The average Bonchev–Trinajstić information content (AvgIpc) is 3.14. The van der Waals surface area contributed by atoms with E-state index in [-0.39, 0.29) is 17.6 Å². The summed E-state index contributed by atoms with van der Waals surface area (Å²) in [6.07, 6.45) is -1.53. The van der Waals surface area contributed by atoms with E-state index in [0.717, 1.165) is 4.70 Å². The second-order valence-corrected chi connectivity index (χ2v) is 8.52. The maximum absolute atomic E-state index is 14.5. The van der Waals surface area contributed by atoms with Crippen molar-refractivity contribution in [2.45, 2.75) is 19.5 Å². The van der Waals surface area contributed by atoms with Crippen LogP contribution in [0.3, 0.4) is 0 Å². The van der Waals surface area contributed by atoms with Crippen molar-refractivity contribution in [2.24, 2.45) is 0 Å². The lowest BCUT2D eigenvalue weighted by atomic mass is 10.1. The highest BCUT2D eigenvalue weighted by molar-refractivity contribution is 7.21. The van der Waals surface area contributed by atoms with Crippen LogP contribution in [0.4, 0.5) is 13.2 Å². The summed E-state index contributed by atoms with van der Waals surface area (Å²) in [5.74, 6) is -0.191. The SMILES string of the molecule is COCC(C)Oc1cc2sc(-c3cc(Cl)cc4cc(OCC(F)F)cnc34)nc2cc1F. The van der Waals surface area contributed by atoms with Gasteiger partial charge in [-0.25, -0.2) is 18.2 Å². The van der Waals surface area contributed by atoms with Gasteiger partial charge in [0, 0.05) is 35.2 Å². The zero-order valence-corrected chi connectivity index (χ0v) is 18.6. The van der Waals surface area contributed by atoms with E-state index in [1.54, 1.807) is 38.3 Å². The molecule has 0 fully saturated rings. The molecular formula is C22H18ClF3N2O3S. The summed E-state index contributed by atoms with van der Waals surface area (Å²) in [7, 11) is 1.55. The minimum Gasteiger partial charge on any atom is -0.486 e. The normalized spacial score (nSPS) is 12.6. The Hall–Kier alpha value is -2.62. The molecule has 2 heterocycles. The summed E-state index contributed by atoms with van der Waals surface area (Å²) in [6.45, 7) is 1.39. The summed E-state index contributed by atoms with van der Waals surface area (Å²) in [6, 6.07) is 7.90. The Balaban J connectivity index is 1.73. The third-order valence-electron chi connectivity index (χ3n) is 4.50. The van der Waals surface area contributed by atoms with Crippen molar-refractivity contribution in [3.05, 3.63) is 47.4 Å². The van der Waals surface area contributed by atoms with Crippen LogP contribution >= 0.6 is 22.9 Å². The van der Waals surface area contributed by atoms with Gasteiger partial charge in [-0.1, -0.05) is 11.6 Å². The van der Waals surface area contributed by atoms with Crippen LogP contribution in [0.25, 0.3) is 31.7 Å². The lowest BCUT2D eigenvalue weighted by Crippen LogP contribution is -2.18. The van der Waals surface area contributed by atoms with Crippen molar-refractivity contribution >= 4 is 44.1 Å². The van der Waals surface area contributed by atoms with Crippen molar-refractivity contribution in [2.75, 3.05) is 20.3 Å². The zero-order valence-electron chi connectivity index (χ0n) is 17.1. The first-order valence-corrected chi connectivity index (χ1v) is 10.8. The number of hydrogen-bond donors (Lipinski definition) is 0. The Bertz CT molecular complexity index is 1270. The molecule has 0 aliphatic carbocycles. The molecule has 0 aliphatic rings. The Labute approximate surface area is 190 Å². The van der Waals surface area contributed by atoms with Crippen molar-refractivity contribution in [1.82, 2.24) is 9.97 Å². The largest absolute Gasteiger partial charge is 0.486 e. The molecule has 1 unspecified atom stereocenters. The first-order chi connectivity index (χ1) is 15.3. The first-order valence-electron chi connectivity index (χ1n) is 9.60. The fraction of sp³-hybridized carbons (Fsp3) is 0.273. The minimum atomic E-state index is -2.59. The lowest BCUT2D eigenvalue weighted by molar-refractivity contribution is 0.0818. The molecule has 32 heavy (non-hydrogen) atoms. The van der Waals surface area contributed by atoms with Crippen molar-refractivity contribution in [3.63, 3.8) is 0 Å². The van der Waals surface area contributed by atoms with E-state index in [4.69, 9.17) is 25.8 Å². The second kappa shape index (κ2) is 9.48. The first kappa shape index (κ1) is 22.6. The molecule has 0 bridgehead atoms. The second-order valence-electron chi connectivity index (χ2n) is 7.05. The van der Waals surface area contributed by atoms with Crippen molar-refractivity contribution < 1.29 is 27.4 Å². The third kappa shape index (κ3) is 4.90. The minimum absolute atomic E-state index is 0.118. The molecule has 2 aromatic heterocycles. The number of thiazole rings is 1. The number of fused-ring (bicyclic) bond motifs is 2. The monoisotopic (exact) mass is 482 g/mol. The number of alkyl halides is 2. The predicted molar refractivity (Wildman–Crippen MR) is 119 cm³/mol. The molecule has 0 saturated heterocycles. The van der Waals surface area contributed by atoms with Crippen LogP contribution in [-0.2, 0) is 4.74 Å². The highest BCUT2D eigenvalue weighted by Gasteiger charge is 2.17. The van der Waals surface area contributed by atoms with Gasteiger partial charge in [0.05, 0.1) is 28.5 Å². The third-order valence-corrected chi connectivity index (χ3v) is 5.77. The van der Waals surface area contributed by atoms with Crippen LogP contribution in [-0.4, -0.2) is 42.8 Å². The number of hydrogen-bond acceptors (Lipinski definition) is 6. The topological polar surface area (TPSA) is 53.5 Å². The Morgan fingerprint density at radius 2 is 1.94 bits per heavy atom. The lowest BCUT2D eigenvalue weighted by Gasteiger charge is -2.14. The molecular weight excluding hydrogens is 465 g/mol. The highest BCUT2D eigenvalue weighted by Crippen LogP contribution is 2.38. The molecule has 0 saturated carbocycles. The van der Waals surface area contributed by atoms with Gasteiger partial charge in [-0.3, -0.25) is 4.98 Å². The summed E-state index contributed by atoms with van der Waals surface area (Å²) < 4.78 is 55.8. The summed E-state index contributed by atoms with van der Waals surface area (Å²) >= 11 is 7.62. The van der Waals surface area contributed by atoms with E-state index < -0.39 is 18.8 Å². The Morgan fingerprint density at radius 3 is 2.69 bits per heavy atom. The van der Waals surface area contributed by atoms with Crippen molar-refractivity contribution in [1.29, 1.82) is 0 Å². The molecule has 2 aromatic carbocycles. The van der Waals surface area contributed by atoms with E-state index in [1.165, 1.54) is 23.6 Å². The Morgan fingerprint density at radius 1 is 1.12 bits per heavy atom. The van der Waals surface area contributed by atoms with Gasteiger partial charge < -0.3 is 14.2 Å². The van der Waals surface area contributed by atoms with Gasteiger partial charge in [0.1, 0.15) is 23.5 Å². The molecule has 10 heteroatoms. The molecule has 0 spiro atoms. The molecule has 4 aromatic rings. The van der Waals surface area contributed by atoms with Crippen LogP contribution in [0.5, 0.6) is 11.5 Å². The van der Waals surface area contributed by atoms with Gasteiger partial charge in [0.2, 0.25) is 0 Å². The maximum atomic E-state index is 14.5.